The Hall–Kier alpha value is -1.78. The van der Waals surface area contributed by atoms with E-state index in [0.717, 1.165) is 30.9 Å². The molecular weight excluding hydrogens is 302 g/mol. The average Bonchev–Trinajstić information content (AvgIpc) is 2.94. The van der Waals surface area contributed by atoms with Crippen LogP contribution in [0, 0.1) is 5.92 Å². The molecule has 1 N–H and O–H groups in total. The minimum atomic E-state index is -0.559. The van der Waals surface area contributed by atoms with E-state index in [1.54, 1.807) is 6.08 Å². The summed E-state index contributed by atoms with van der Waals surface area (Å²) in [4.78, 5) is 2.47. The normalized spacial score (nSPS) is 38.4. The van der Waals surface area contributed by atoms with E-state index in [2.05, 4.69) is 30.7 Å². The largest absolute Gasteiger partial charge is 0.486 e. The molecule has 2 aliphatic carbocycles. The third-order valence-electron chi connectivity index (χ3n) is 6.49. The second-order valence-corrected chi connectivity index (χ2v) is 7.51. The lowest BCUT2D eigenvalue weighted by Crippen LogP contribution is -2.64. The maximum atomic E-state index is 10.6. The van der Waals surface area contributed by atoms with Crippen LogP contribution in [-0.2, 0) is 11.8 Å². The first-order valence-corrected chi connectivity index (χ1v) is 8.80. The van der Waals surface area contributed by atoms with Gasteiger partial charge in [0.05, 0.1) is 0 Å². The molecule has 2 aliphatic heterocycles. The predicted molar refractivity (Wildman–Crippen MR) is 91.6 cm³/mol. The zero-order valence-electron chi connectivity index (χ0n) is 13.9. The highest BCUT2D eigenvalue weighted by Crippen LogP contribution is 2.62. The van der Waals surface area contributed by atoms with Gasteiger partial charge in [-0.1, -0.05) is 30.9 Å². The number of benzene rings is 1. The lowest BCUT2D eigenvalue weighted by Gasteiger charge is -2.56. The summed E-state index contributed by atoms with van der Waals surface area (Å²) >= 11 is 0. The number of likely N-dealkylation sites (N-methyl/N-ethyl adjacent to an activating group) is 1. The quantitative estimate of drug-likeness (QED) is 0.864. The van der Waals surface area contributed by atoms with Crippen molar-refractivity contribution in [2.24, 2.45) is 5.92 Å². The van der Waals surface area contributed by atoms with Gasteiger partial charge in [0.1, 0.15) is 18.8 Å². The first-order chi connectivity index (χ1) is 11.7. The number of ether oxygens (including phenoxy) is 2. The van der Waals surface area contributed by atoms with Gasteiger partial charge in [-0.25, -0.2) is 0 Å². The van der Waals surface area contributed by atoms with Crippen LogP contribution in [0.3, 0.4) is 0 Å². The van der Waals surface area contributed by atoms with Gasteiger partial charge < -0.3 is 19.5 Å². The summed E-state index contributed by atoms with van der Waals surface area (Å²) in [5, 5.41) is 10.6. The number of nitrogens with zero attached hydrogens (tertiary/aromatic N) is 1. The van der Waals surface area contributed by atoms with Crippen molar-refractivity contribution in [1.82, 2.24) is 4.90 Å². The van der Waals surface area contributed by atoms with Gasteiger partial charge >= 0.3 is 0 Å². The molecule has 126 valence electrons. The molecule has 2 bridgehead atoms. The molecule has 2 heterocycles. The molecule has 4 heteroatoms. The molecule has 24 heavy (non-hydrogen) atoms. The Morgan fingerprint density at radius 3 is 3.17 bits per heavy atom. The van der Waals surface area contributed by atoms with Crippen LogP contribution in [0.5, 0.6) is 11.5 Å². The van der Waals surface area contributed by atoms with Gasteiger partial charge in [0.2, 0.25) is 0 Å². The Morgan fingerprint density at radius 1 is 1.46 bits per heavy atom. The van der Waals surface area contributed by atoms with Crippen LogP contribution in [0.15, 0.2) is 36.9 Å². The Kier molecular flexibility index (Phi) is 2.95. The maximum Gasteiger partial charge on any atom is 0.166 e. The van der Waals surface area contributed by atoms with Crippen molar-refractivity contribution >= 4 is 0 Å². The first kappa shape index (κ1) is 14.6. The summed E-state index contributed by atoms with van der Waals surface area (Å²) in [6.07, 6.45) is 7.20. The lowest BCUT2D eigenvalue weighted by molar-refractivity contribution is -0.0453. The summed E-state index contributed by atoms with van der Waals surface area (Å²) in [5.74, 6) is 2.03. The van der Waals surface area contributed by atoms with Crippen LogP contribution in [0.1, 0.15) is 17.5 Å². The summed E-state index contributed by atoms with van der Waals surface area (Å²) in [6.45, 7) is 5.23. The van der Waals surface area contributed by atoms with Crippen LogP contribution in [0.2, 0.25) is 0 Å². The number of hydrogen-bond donors (Lipinski definition) is 1. The number of likely N-dealkylation sites (tertiary alicyclic amines) is 1. The van der Waals surface area contributed by atoms with E-state index in [0.29, 0.717) is 18.6 Å². The molecule has 1 spiro atoms. The van der Waals surface area contributed by atoms with E-state index in [9.17, 15) is 5.11 Å². The highest BCUT2D eigenvalue weighted by Gasteiger charge is 2.64. The molecular formula is C20H23NO3. The van der Waals surface area contributed by atoms with Crippen molar-refractivity contribution < 1.29 is 14.6 Å². The molecule has 0 radical (unpaired) electrons. The van der Waals surface area contributed by atoms with Gasteiger partial charge in [-0.15, -0.1) is 0 Å². The molecule has 0 amide bonds. The fourth-order valence-electron chi connectivity index (χ4n) is 5.49. The molecule has 1 fully saturated rings. The number of rotatable bonds is 3. The van der Waals surface area contributed by atoms with Crippen LogP contribution in [0.25, 0.3) is 0 Å². The van der Waals surface area contributed by atoms with Crippen molar-refractivity contribution in [3.63, 3.8) is 0 Å². The van der Waals surface area contributed by atoms with Gasteiger partial charge in [-0.2, -0.15) is 0 Å². The second kappa shape index (κ2) is 4.87. The maximum absolute atomic E-state index is 10.6. The topological polar surface area (TPSA) is 41.9 Å². The van der Waals surface area contributed by atoms with Gasteiger partial charge in [0, 0.05) is 22.9 Å². The van der Waals surface area contributed by atoms with Crippen LogP contribution >= 0.6 is 0 Å². The van der Waals surface area contributed by atoms with Crippen molar-refractivity contribution in [1.29, 1.82) is 0 Å². The summed E-state index contributed by atoms with van der Waals surface area (Å²) in [5.41, 5.74) is 2.54. The number of piperidine rings is 1. The van der Waals surface area contributed by atoms with E-state index in [4.69, 9.17) is 9.47 Å². The molecule has 4 aliphatic rings. The monoisotopic (exact) mass is 325 g/mol. The van der Waals surface area contributed by atoms with Crippen molar-refractivity contribution in [3.05, 3.63) is 48.1 Å². The molecule has 4 nitrogen and oxygen atoms in total. The Bertz CT molecular complexity index is 743. The zero-order chi connectivity index (χ0) is 16.5. The Morgan fingerprint density at radius 2 is 2.33 bits per heavy atom. The minimum Gasteiger partial charge on any atom is -0.486 e. The first-order valence-electron chi connectivity index (χ1n) is 8.80. The van der Waals surface area contributed by atoms with E-state index in [1.165, 1.54) is 11.1 Å². The molecule has 1 saturated heterocycles. The van der Waals surface area contributed by atoms with E-state index < -0.39 is 6.10 Å². The van der Waals surface area contributed by atoms with Crippen molar-refractivity contribution in [2.75, 3.05) is 20.2 Å². The Balaban J connectivity index is 1.73. The number of aliphatic hydroxyl groups excluding tert-OH is 1. The Labute approximate surface area is 142 Å². The molecule has 0 saturated carbocycles. The van der Waals surface area contributed by atoms with Crippen molar-refractivity contribution in [2.45, 2.75) is 36.5 Å². The van der Waals surface area contributed by atoms with Crippen LogP contribution in [-0.4, -0.2) is 48.5 Å². The van der Waals surface area contributed by atoms with Gasteiger partial charge in [0.15, 0.2) is 11.5 Å². The van der Waals surface area contributed by atoms with Gasteiger partial charge in [-0.05, 0) is 38.1 Å². The van der Waals surface area contributed by atoms with Crippen LogP contribution < -0.4 is 9.47 Å². The average molecular weight is 325 g/mol. The lowest BCUT2D eigenvalue weighted by atomic mass is 9.53. The molecule has 1 aromatic carbocycles. The highest BCUT2D eigenvalue weighted by atomic mass is 16.5. The molecule has 0 unspecified atom stereocenters. The van der Waals surface area contributed by atoms with E-state index >= 15 is 0 Å². The summed E-state index contributed by atoms with van der Waals surface area (Å²) < 4.78 is 12.2. The SMILES string of the molecule is C=CCOc1ccc2c3c1O[C@H]1[C@@H](O)C=C[C@H]4[C@@H](C2)N(C)CC[C@@]341. The molecule has 0 aromatic heterocycles. The third kappa shape index (κ3) is 1.60. The number of aliphatic hydroxyl groups is 1. The molecule has 1 aromatic rings. The van der Waals surface area contributed by atoms with E-state index in [-0.39, 0.29) is 11.5 Å². The fourth-order valence-corrected chi connectivity index (χ4v) is 5.49. The molecule has 5 atom stereocenters. The third-order valence-corrected chi connectivity index (χ3v) is 6.49. The van der Waals surface area contributed by atoms with Crippen LogP contribution in [0.4, 0.5) is 0 Å². The molecule has 5 rings (SSSR count). The minimum absolute atomic E-state index is 0.109. The standard InChI is InChI=1S/C20H23NO3/c1-3-10-23-16-7-4-12-11-14-13-5-6-15(22)19-20(13,8-9-21(14)2)17(12)18(16)24-19/h3-7,13-15,19,22H,1,8-11H2,2H3/t13-,14+,15-,19-,20-/m0/s1. The van der Waals surface area contributed by atoms with Gasteiger partial charge in [-0.3, -0.25) is 0 Å². The second-order valence-electron chi connectivity index (χ2n) is 7.51. The summed E-state index contributed by atoms with van der Waals surface area (Å²) in [6, 6.07) is 4.69. The zero-order valence-corrected chi connectivity index (χ0v) is 13.9. The number of hydrogen-bond acceptors (Lipinski definition) is 4. The van der Waals surface area contributed by atoms with Crippen molar-refractivity contribution in [3.8, 4) is 11.5 Å². The predicted octanol–water partition coefficient (Wildman–Crippen LogP) is 2.06. The summed E-state index contributed by atoms with van der Waals surface area (Å²) in [7, 11) is 2.22. The van der Waals surface area contributed by atoms with E-state index in [1.807, 2.05) is 12.1 Å². The van der Waals surface area contributed by atoms with Gasteiger partial charge in [0.25, 0.3) is 0 Å². The smallest absolute Gasteiger partial charge is 0.166 e. The fraction of sp³-hybridized carbons (Fsp3) is 0.500. The highest BCUT2D eigenvalue weighted by molar-refractivity contribution is 5.62.